The van der Waals surface area contributed by atoms with Gasteiger partial charge in [0.25, 0.3) is 11.8 Å². The zero-order valence-electron chi connectivity index (χ0n) is 13.6. The quantitative estimate of drug-likeness (QED) is 0.561. The summed E-state index contributed by atoms with van der Waals surface area (Å²) in [6.45, 7) is 0. The topological polar surface area (TPSA) is 66.1 Å². The predicted molar refractivity (Wildman–Crippen MR) is 99.1 cm³/mol. The second-order valence-corrected chi connectivity index (χ2v) is 6.12. The van der Waals surface area contributed by atoms with Crippen LogP contribution in [0.2, 0.25) is 0 Å². The Bertz CT molecular complexity index is 1140. The van der Waals surface area contributed by atoms with Gasteiger partial charge in [-0.2, -0.15) is 0 Å². The lowest BCUT2D eigenvalue weighted by Gasteiger charge is -2.14. The number of anilines is 1. The molecule has 0 saturated heterocycles. The molecule has 1 aliphatic rings. The van der Waals surface area contributed by atoms with Crippen molar-refractivity contribution in [2.45, 2.75) is 0 Å². The van der Waals surface area contributed by atoms with E-state index in [0.29, 0.717) is 28.2 Å². The Hall–Kier alpha value is -3.73. The van der Waals surface area contributed by atoms with Crippen molar-refractivity contribution in [3.8, 4) is 11.4 Å². The average molecular weight is 339 g/mol. The number of para-hydroxylation sites is 1. The van der Waals surface area contributed by atoms with Crippen LogP contribution in [0.4, 0.5) is 5.69 Å². The standard InChI is InChI=1S/C21H13N3O2/c25-20-14-9-4-5-10-15(14)21(26)24(20)17-12-6-11-16-18(17)23-19(22-16)13-7-2-1-3-8-13/h1-12H,(H,22,23). The normalized spacial score (nSPS) is 13.5. The van der Waals surface area contributed by atoms with Crippen LogP contribution in [-0.2, 0) is 0 Å². The number of benzene rings is 3. The van der Waals surface area contributed by atoms with Crippen LogP contribution in [0.15, 0.2) is 72.8 Å². The summed E-state index contributed by atoms with van der Waals surface area (Å²) in [7, 11) is 0. The molecule has 1 N–H and O–H groups in total. The molecule has 1 aliphatic heterocycles. The van der Waals surface area contributed by atoms with E-state index in [4.69, 9.17) is 0 Å². The fraction of sp³-hybridized carbons (Fsp3) is 0. The maximum atomic E-state index is 12.8. The summed E-state index contributed by atoms with van der Waals surface area (Å²) < 4.78 is 0. The highest BCUT2D eigenvalue weighted by Crippen LogP contribution is 2.33. The minimum absolute atomic E-state index is 0.317. The van der Waals surface area contributed by atoms with Crippen LogP contribution in [0, 0.1) is 0 Å². The largest absolute Gasteiger partial charge is 0.338 e. The highest BCUT2D eigenvalue weighted by molar-refractivity contribution is 6.35. The van der Waals surface area contributed by atoms with Gasteiger partial charge in [0.05, 0.1) is 22.3 Å². The summed E-state index contributed by atoms with van der Waals surface area (Å²) in [4.78, 5) is 34.7. The van der Waals surface area contributed by atoms with Crippen LogP contribution in [0.3, 0.4) is 0 Å². The highest BCUT2D eigenvalue weighted by Gasteiger charge is 2.37. The van der Waals surface area contributed by atoms with Gasteiger partial charge >= 0.3 is 0 Å². The van der Waals surface area contributed by atoms with Crippen LogP contribution < -0.4 is 4.90 Å². The number of hydrogen-bond acceptors (Lipinski definition) is 3. The van der Waals surface area contributed by atoms with Crippen molar-refractivity contribution in [2.24, 2.45) is 0 Å². The third kappa shape index (κ3) is 2.01. The first-order chi connectivity index (χ1) is 12.7. The van der Waals surface area contributed by atoms with Crippen molar-refractivity contribution < 1.29 is 9.59 Å². The number of fused-ring (bicyclic) bond motifs is 2. The molecule has 5 heteroatoms. The maximum Gasteiger partial charge on any atom is 0.266 e. The molecule has 0 aliphatic carbocycles. The Morgan fingerprint density at radius 2 is 1.38 bits per heavy atom. The minimum atomic E-state index is -0.317. The molecule has 0 saturated carbocycles. The van der Waals surface area contributed by atoms with Gasteiger partial charge in [-0.15, -0.1) is 0 Å². The molecule has 0 spiro atoms. The van der Waals surface area contributed by atoms with E-state index in [0.717, 1.165) is 11.1 Å². The van der Waals surface area contributed by atoms with Crippen molar-refractivity contribution in [3.63, 3.8) is 0 Å². The zero-order valence-corrected chi connectivity index (χ0v) is 13.6. The van der Waals surface area contributed by atoms with Crippen LogP contribution in [0.5, 0.6) is 0 Å². The number of carbonyl (C=O) groups is 2. The SMILES string of the molecule is O=C1c2ccccc2C(=O)N1c1cccc2[nH]c(-c3ccccc3)nc12. The number of aromatic amines is 1. The zero-order chi connectivity index (χ0) is 17.7. The molecule has 5 nitrogen and oxygen atoms in total. The first-order valence-corrected chi connectivity index (χ1v) is 8.26. The van der Waals surface area contributed by atoms with Gasteiger partial charge in [-0.05, 0) is 24.3 Å². The first-order valence-electron chi connectivity index (χ1n) is 8.26. The molecule has 0 atom stereocenters. The molecule has 2 heterocycles. The molecule has 0 bridgehead atoms. The van der Waals surface area contributed by atoms with Crippen molar-refractivity contribution in [1.29, 1.82) is 0 Å². The molecule has 2 amide bonds. The third-order valence-corrected chi connectivity index (χ3v) is 4.57. The molecule has 0 fully saturated rings. The third-order valence-electron chi connectivity index (χ3n) is 4.57. The Labute approximate surface area is 148 Å². The number of nitrogens with one attached hydrogen (secondary N) is 1. The number of amides is 2. The summed E-state index contributed by atoms with van der Waals surface area (Å²) in [6, 6.07) is 22.1. The molecule has 1 aromatic heterocycles. The number of nitrogens with zero attached hydrogens (tertiary/aromatic N) is 2. The van der Waals surface area contributed by atoms with Gasteiger partial charge in [0.1, 0.15) is 11.3 Å². The van der Waals surface area contributed by atoms with Crippen LogP contribution in [-0.4, -0.2) is 21.8 Å². The van der Waals surface area contributed by atoms with Gasteiger partial charge in [0.15, 0.2) is 0 Å². The summed E-state index contributed by atoms with van der Waals surface area (Å²) in [5, 5.41) is 0. The minimum Gasteiger partial charge on any atom is -0.338 e. The van der Waals surface area contributed by atoms with E-state index in [9.17, 15) is 9.59 Å². The number of imide groups is 1. The van der Waals surface area contributed by atoms with Gasteiger partial charge in [0.2, 0.25) is 0 Å². The molecule has 26 heavy (non-hydrogen) atoms. The average Bonchev–Trinajstić information content (AvgIpc) is 3.23. The molecular weight excluding hydrogens is 326 g/mol. The van der Waals surface area contributed by atoms with Gasteiger partial charge in [0, 0.05) is 5.56 Å². The lowest BCUT2D eigenvalue weighted by atomic mass is 10.1. The van der Waals surface area contributed by atoms with Crippen LogP contribution >= 0.6 is 0 Å². The molecule has 4 aromatic rings. The summed E-state index contributed by atoms with van der Waals surface area (Å²) in [5.74, 6) is 0.0642. The fourth-order valence-electron chi connectivity index (χ4n) is 3.34. The molecular formula is C21H13N3O2. The van der Waals surface area contributed by atoms with Crippen molar-refractivity contribution >= 4 is 28.5 Å². The number of carbonyl (C=O) groups excluding carboxylic acids is 2. The second kappa shape index (κ2) is 5.39. The van der Waals surface area contributed by atoms with Gasteiger partial charge < -0.3 is 4.98 Å². The van der Waals surface area contributed by atoms with E-state index in [-0.39, 0.29) is 11.8 Å². The van der Waals surface area contributed by atoms with Crippen molar-refractivity contribution in [1.82, 2.24) is 9.97 Å². The number of imidazole rings is 1. The molecule has 5 rings (SSSR count). The number of aromatic nitrogens is 2. The molecule has 3 aromatic carbocycles. The summed E-state index contributed by atoms with van der Waals surface area (Å²) in [5.41, 5.74) is 3.66. The Kier molecular flexibility index (Phi) is 3.03. The van der Waals surface area contributed by atoms with Crippen molar-refractivity contribution in [3.05, 3.63) is 83.9 Å². The van der Waals surface area contributed by atoms with Crippen molar-refractivity contribution in [2.75, 3.05) is 4.90 Å². The van der Waals surface area contributed by atoms with Gasteiger partial charge in [-0.25, -0.2) is 9.88 Å². The van der Waals surface area contributed by atoms with E-state index in [1.165, 1.54) is 4.90 Å². The van der Waals surface area contributed by atoms with E-state index in [1.54, 1.807) is 30.3 Å². The Balaban J connectivity index is 1.68. The van der Waals surface area contributed by atoms with Gasteiger partial charge in [-0.3, -0.25) is 9.59 Å². The molecule has 0 unspecified atom stereocenters. The van der Waals surface area contributed by atoms with E-state index >= 15 is 0 Å². The Morgan fingerprint density at radius 1 is 0.731 bits per heavy atom. The number of H-pyrrole nitrogens is 1. The van der Waals surface area contributed by atoms with Crippen LogP contribution in [0.1, 0.15) is 20.7 Å². The fourth-order valence-corrected chi connectivity index (χ4v) is 3.34. The lowest BCUT2D eigenvalue weighted by Crippen LogP contribution is -2.29. The van der Waals surface area contributed by atoms with E-state index in [1.807, 2.05) is 42.5 Å². The second-order valence-electron chi connectivity index (χ2n) is 6.12. The number of rotatable bonds is 2. The predicted octanol–water partition coefficient (Wildman–Crippen LogP) is 4.03. The smallest absolute Gasteiger partial charge is 0.266 e. The lowest BCUT2D eigenvalue weighted by molar-refractivity contribution is 0.0926. The summed E-state index contributed by atoms with van der Waals surface area (Å²) in [6.07, 6.45) is 0. The number of hydrogen-bond donors (Lipinski definition) is 1. The van der Waals surface area contributed by atoms with E-state index in [2.05, 4.69) is 9.97 Å². The monoisotopic (exact) mass is 339 g/mol. The first kappa shape index (κ1) is 14.6. The van der Waals surface area contributed by atoms with E-state index < -0.39 is 0 Å². The molecule has 124 valence electrons. The molecule has 0 radical (unpaired) electrons. The Morgan fingerprint density at radius 3 is 2.08 bits per heavy atom. The highest BCUT2D eigenvalue weighted by atomic mass is 16.2. The maximum absolute atomic E-state index is 12.8. The van der Waals surface area contributed by atoms with Gasteiger partial charge in [-0.1, -0.05) is 48.5 Å². The summed E-state index contributed by atoms with van der Waals surface area (Å²) >= 11 is 0. The van der Waals surface area contributed by atoms with Crippen LogP contribution in [0.25, 0.3) is 22.4 Å².